The molecule has 1 aliphatic heterocycles. The summed E-state index contributed by atoms with van der Waals surface area (Å²) in [5.74, 6) is -2.08. The van der Waals surface area contributed by atoms with Crippen LogP contribution in [0.15, 0.2) is 53.1 Å². The maximum Gasteiger partial charge on any atom is 0.308 e. The van der Waals surface area contributed by atoms with Crippen molar-refractivity contribution in [2.75, 3.05) is 13.1 Å². The van der Waals surface area contributed by atoms with Crippen molar-refractivity contribution in [1.82, 2.24) is 10.2 Å². The van der Waals surface area contributed by atoms with E-state index in [1.807, 2.05) is 30.3 Å². The normalized spacial score (nSPS) is 17.9. The second-order valence-electron chi connectivity index (χ2n) is 6.65. The van der Waals surface area contributed by atoms with Crippen molar-refractivity contribution < 1.29 is 23.9 Å². The molecule has 0 saturated carbocycles. The summed E-state index contributed by atoms with van der Waals surface area (Å²) in [6.45, 7) is 0.653. The number of furan rings is 1. The van der Waals surface area contributed by atoms with Crippen LogP contribution in [-0.2, 0) is 16.0 Å². The van der Waals surface area contributed by atoms with Crippen LogP contribution in [0.25, 0.3) is 0 Å². The number of carboxylic acids is 1. The first-order chi connectivity index (χ1) is 13.0. The first-order valence-corrected chi connectivity index (χ1v) is 8.94. The largest absolute Gasteiger partial charge is 0.481 e. The van der Waals surface area contributed by atoms with E-state index in [2.05, 4.69) is 5.32 Å². The van der Waals surface area contributed by atoms with Gasteiger partial charge in [-0.2, -0.15) is 0 Å². The smallest absolute Gasteiger partial charge is 0.308 e. The van der Waals surface area contributed by atoms with Crippen molar-refractivity contribution in [2.24, 2.45) is 5.92 Å². The predicted molar refractivity (Wildman–Crippen MR) is 97.0 cm³/mol. The number of amides is 2. The molecule has 0 bridgehead atoms. The highest BCUT2D eigenvalue weighted by Gasteiger charge is 2.33. The van der Waals surface area contributed by atoms with Gasteiger partial charge in [-0.15, -0.1) is 0 Å². The lowest BCUT2D eigenvalue weighted by Gasteiger charge is -2.33. The molecule has 1 fully saturated rings. The number of carboxylic acid groups (broad SMARTS) is 1. The topological polar surface area (TPSA) is 99.9 Å². The van der Waals surface area contributed by atoms with Gasteiger partial charge in [0.05, 0.1) is 12.2 Å². The molecule has 2 atom stereocenters. The standard InChI is InChI=1S/C20H22N2O5/c23-18(17-9-5-11-27-17)21-16(12-14-6-2-1-3-7-14)19(24)22-10-4-8-15(13-22)20(25)26/h1-3,5-7,9,11,15-16H,4,8,10,12-13H2,(H,21,23)(H,25,26)/t15-,16+/m1/s1. The van der Waals surface area contributed by atoms with Crippen molar-refractivity contribution in [3.63, 3.8) is 0 Å². The van der Waals surface area contributed by atoms with Crippen molar-refractivity contribution in [1.29, 1.82) is 0 Å². The number of piperidine rings is 1. The third kappa shape index (κ3) is 4.75. The second kappa shape index (κ2) is 8.53. The molecule has 0 unspecified atom stereocenters. The number of likely N-dealkylation sites (tertiary alicyclic amines) is 1. The summed E-state index contributed by atoms with van der Waals surface area (Å²) in [6, 6.07) is 11.7. The van der Waals surface area contributed by atoms with E-state index in [9.17, 15) is 19.5 Å². The van der Waals surface area contributed by atoms with Crippen molar-refractivity contribution >= 4 is 17.8 Å². The van der Waals surface area contributed by atoms with Crippen molar-refractivity contribution in [3.8, 4) is 0 Å². The maximum absolute atomic E-state index is 13.1. The zero-order chi connectivity index (χ0) is 19.2. The Kier molecular flexibility index (Phi) is 5.90. The third-order valence-electron chi connectivity index (χ3n) is 4.71. The first kappa shape index (κ1) is 18.7. The lowest BCUT2D eigenvalue weighted by Crippen LogP contribution is -2.52. The highest BCUT2D eigenvalue weighted by Crippen LogP contribution is 2.18. The zero-order valence-corrected chi connectivity index (χ0v) is 14.8. The Morgan fingerprint density at radius 1 is 1.19 bits per heavy atom. The van der Waals surface area contributed by atoms with E-state index in [4.69, 9.17) is 4.42 Å². The molecule has 0 radical (unpaired) electrons. The molecule has 1 saturated heterocycles. The summed E-state index contributed by atoms with van der Waals surface area (Å²) in [6.07, 6.45) is 2.90. The number of hydrogen-bond donors (Lipinski definition) is 2. The number of hydrogen-bond acceptors (Lipinski definition) is 4. The molecule has 7 nitrogen and oxygen atoms in total. The van der Waals surface area contributed by atoms with Crippen molar-refractivity contribution in [3.05, 3.63) is 60.1 Å². The highest BCUT2D eigenvalue weighted by molar-refractivity contribution is 5.95. The SMILES string of the molecule is O=C(N[C@@H](Cc1ccccc1)C(=O)N1CCC[C@@H](C(=O)O)C1)c1ccco1. The molecule has 7 heteroatoms. The van der Waals surface area contributed by atoms with Crippen LogP contribution in [0, 0.1) is 5.92 Å². The Morgan fingerprint density at radius 3 is 2.63 bits per heavy atom. The molecular weight excluding hydrogens is 348 g/mol. The molecule has 2 N–H and O–H groups in total. The van der Waals surface area contributed by atoms with Crippen LogP contribution < -0.4 is 5.32 Å². The zero-order valence-electron chi connectivity index (χ0n) is 14.8. The molecule has 1 aromatic heterocycles. The lowest BCUT2D eigenvalue weighted by atomic mass is 9.96. The summed E-state index contributed by atoms with van der Waals surface area (Å²) in [5.41, 5.74) is 0.905. The molecular formula is C20H22N2O5. The van der Waals surface area contributed by atoms with Crippen molar-refractivity contribution in [2.45, 2.75) is 25.3 Å². The number of benzene rings is 1. The molecule has 2 aromatic rings. The van der Waals surface area contributed by atoms with Crippen LogP contribution in [0.5, 0.6) is 0 Å². The quantitative estimate of drug-likeness (QED) is 0.809. The minimum absolute atomic E-state index is 0.128. The molecule has 2 amide bonds. The Bertz CT molecular complexity index is 788. The highest BCUT2D eigenvalue weighted by atomic mass is 16.4. The third-order valence-corrected chi connectivity index (χ3v) is 4.71. The molecule has 0 aliphatic carbocycles. The Labute approximate surface area is 157 Å². The van der Waals surface area contributed by atoms with Crippen LogP contribution in [0.2, 0.25) is 0 Å². The number of carbonyl (C=O) groups is 3. The number of aliphatic carboxylic acids is 1. The molecule has 142 valence electrons. The monoisotopic (exact) mass is 370 g/mol. The van der Waals surface area contributed by atoms with Crippen LogP contribution >= 0.6 is 0 Å². The van der Waals surface area contributed by atoms with Gasteiger partial charge in [-0.3, -0.25) is 14.4 Å². The Morgan fingerprint density at radius 2 is 1.96 bits per heavy atom. The minimum atomic E-state index is -0.897. The number of nitrogens with one attached hydrogen (secondary N) is 1. The summed E-state index contributed by atoms with van der Waals surface area (Å²) >= 11 is 0. The average molecular weight is 370 g/mol. The van der Waals surface area contributed by atoms with Gasteiger partial charge in [0, 0.05) is 19.5 Å². The molecule has 27 heavy (non-hydrogen) atoms. The summed E-state index contributed by atoms with van der Waals surface area (Å²) < 4.78 is 5.11. The van der Waals surface area contributed by atoms with E-state index in [0.717, 1.165) is 5.56 Å². The maximum atomic E-state index is 13.1. The molecule has 1 aromatic carbocycles. The molecule has 3 rings (SSSR count). The fourth-order valence-corrected chi connectivity index (χ4v) is 3.29. The lowest BCUT2D eigenvalue weighted by molar-refractivity contribution is -0.146. The number of nitrogens with zero attached hydrogens (tertiary/aromatic N) is 1. The van der Waals surface area contributed by atoms with E-state index in [1.165, 1.54) is 17.2 Å². The van der Waals surface area contributed by atoms with Crippen LogP contribution in [-0.4, -0.2) is 46.9 Å². The number of rotatable bonds is 6. The van der Waals surface area contributed by atoms with Gasteiger partial charge in [-0.25, -0.2) is 0 Å². The molecule has 2 heterocycles. The van der Waals surface area contributed by atoms with Gasteiger partial charge < -0.3 is 19.7 Å². The first-order valence-electron chi connectivity index (χ1n) is 8.94. The van der Waals surface area contributed by atoms with Crippen LogP contribution in [0.4, 0.5) is 0 Å². The van der Waals surface area contributed by atoms with Gasteiger partial charge >= 0.3 is 5.97 Å². The van der Waals surface area contributed by atoms with E-state index in [1.54, 1.807) is 6.07 Å². The summed E-state index contributed by atoms with van der Waals surface area (Å²) in [5, 5.41) is 12.0. The Balaban J connectivity index is 1.76. The summed E-state index contributed by atoms with van der Waals surface area (Å²) in [7, 11) is 0. The average Bonchev–Trinajstić information content (AvgIpc) is 3.23. The Hall–Kier alpha value is -3.09. The van der Waals surface area contributed by atoms with Gasteiger partial charge in [-0.1, -0.05) is 30.3 Å². The molecule has 0 spiro atoms. The van der Waals surface area contributed by atoms with E-state index < -0.39 is 23.8 Å². The van der Waals surface area contributed by atoms with Gasteiger partial charge in [0.1, 0.15) is 6.04 Å². The summed E-state index contributed by atoms with van der Waals surface area (Å²) in [4.78, 5) is 38.3. The van der Waals surface area contributed by atoms with E-state index in [0.29, 0.717) is 25.8 Å². The van der Waals surface area contributed by atoms with Gasteiger partial charge in [0.25, 0.3) is 5.91 Å². The van der Waals surface area contributed by atoms with Crippen LogP contribution in [0.3, 0.4) is 0 Å². The van der Waals surface area contributed by atoms with Gasteiger partial charge in [0.2, 0.25) is 5.91 Å². The van der Waals surface area contributed by atoms with Gasteiger partial charge in [0.15, 0.2) is 5.76 Å². The minimum Gasteiger partial charge on any atom is -0.481 e. The fraction of sp³-hybridized carbons (Fsp3) is 0.350. The molecule has 1 aliphatic rings. The fourth-order valence-electron chi connectivity index (χ4n) is 3.29. The number of carbonyl (C=O) groups excluding carboxylic acids is 2. The van der Waals surface area contributed by atoms with E-state index in [-0.39, 0.29) is 18.2 Å². The van der Waals surface area contributed by atoms with Crippen LogP contribution in [0.1, 0.15) is 29.0 Å². The second-order valence-corrected chi connectivity index (χ2v) is 6.65. The predicted octanol–water partition coefficient (Wildman–Crippen LogP) is 1.94. The van der Waals surface area contributed by atoms with E-state index >= 15 is 0 Å². The van der Waals surface area contributed by atoms with Gasteiger partial charge in [-0.05, 0) is 30.5 Å².